The quantitative estimate of drug-likeness (QED) is 0.519. The third kappa shape index (κ3) is 3.74. The number of esters is 1. The smallest absolute Gasteiger partial charge is 0.349 e. The molecule has 2 aromatic heterocycles. The largest absolute Gasteiger partial charge is 0.453 e. The van der Waals surface area contributed by atoms with E-state index in [2.05, 4.69) is 0 Å². The number of hydrogen-bond acceptors (Lipinski definition) is 7. The maximum absolute atomic E-state index is 13.4. The van der Waals surface area contributed by atoms with E-state index in [4.69, 9.17) is 14.2 Å². The zero-order chi connectivity index (χ0) is 20.6. The number of rotatable bonds is 7. The molecule has 6 heterocycles. The average molecular weight is 451 g/mol. The van der Waals surface area contributed by atoms with E-state index in [1.54, 1.807) is 12.1 Å². The molecule has 4 aliphatic rings. The highest BCUT2D eigenvalue weighted by Crippen LogP contribution is 2.40. The Morgan fingerprint density at radius 1 is 1.13 bits per heavy atom. The van der Waals surface area contributed by atoms with Crippen molar-refractivity contribution in [3.63, 3.8) is 0 Å². The third-order valence-corrected chi connectivity index (χ3v) is 8.84. The summed E-state index contributed by atoms with van der Waals surface area (Å²) >= 11 is 2.76. The van der Waals surface area contributed by atoms with Crippen molar-refractivity contribution < 1.29 is 28.6 Å². The Morgan fingerprint density at radius 3 is 2.33 bits per heavy atom. The number of quaternary nitrogens is 1. The molecule has 0 radical (unpaired) electrons. The summed E-state index contributed by atoms with van der Waals surface area (Å²) in [5, 5.41) is 15.3. The van der Waals surface area contributed by atoms with Gasteiger partial charge in [0.15, 0.2) is 12.4 Å². The molecule has 30 heavy (non-hydrogen) atoms. The van der Waals surface area contributed by atoms with Crippen molar-refractivity contribution in [3.8, 4) is 0 Å². The van der Waals surface area contributed by atoms with Crippen LogP contribution in [0.2, 0.25) is 0 Å². The van der Waals surface area contributed by atoms with E-state index in [1.807, 2.05) is 22.9 Å². The Labute approximate surface area is 184 Å². The molecule has 0 unspecified atom stereocenters. The number of fused-ring (bicyclic) bond motifs is 3. The molecule has 1 N–H and O–H groups in total. The molecule has 4 fully saturated rings. The molecule has 0 aromatic carbocycles. The summed E-state index contributed by atoms with van der Waals surface area (Å²) in [4.78, 5) is 14.6. The van der Waals surface area contributed by atoms with Crippen LogP contribution in [-0.2, 0) is 24.6 Å². The second-order valence-electron chi connectivity index (χ2n) is 8.60. The van der Waals surface area contributed by atoms with E-state index in [-0.39, 0.29) is 12.4 Å². The van der Waals surface area contributed by atoms with Crippen LogP contribution in [-0.4, -0.2) is 67.3 Å². The standard InChI is InChI=1S/C22H28NO5S2/c24-21(22(25,18-3-1-13-29-18)19-4-2-14-30-19)28-17-15-23(8-5-16(17)6-9-23)10-7-20-26-11-12-27-20/h1-4,13-14,16-17,20,25H,5-12,15H2/q+1/t16?,17-,23?/m0/s1. The van der Waals surface area contributed by atoms with Crippen LogP contribution < -0.4 is 0 Å². The van der Waals surface area contributed by atoms with E-state index in [0.29, 0.717) is 28.9 Å². The number of ether oxygens (including phenoxy) is 3. The van der Waals surface area contributed by atoms with Gasteiger partial charge in [-0.25, -0.2) is 4.79 Å². The molecule has 2 bridgehead atoms. The summed E-state index contributed by atoms with van der Waals surface area (Å²) in [6.07, 6.45) is 2.74. The molecule has 6 nitrogen and oxygen atoms in total. The Balaban J connectivity index is 1.31. The number of nitrogens with zero attached hydrogens (tertiary/aromatic N) is 1. The molecule has 2 aromatic rings. The third-order valence-electron chi connectivity index (χ3n) is 6.88. The summed E-state index contributed by atoms with van der Waals surface area (Å²) in [5.74, 6) is -0.171. The number of carbonyl (C=O) groups excluding carboxylic acids is 1. The van der Waals surface area contributed by atoms with Crippen LogP contribution >= 0.6 is 22.7 Å². The minimum absolute atomic E-state index is 0.0964. The maximum atomic E-state index is 13.4. The Bertz CT molecular complexity index is 805. The predicted molar refractivity (Wildman–Crippen MR) is 114 cm³/mol. The van der Waals surface area contributed by atoms with Gasteiger partial charge in [-0.1, -0.05) is 12.1 Å². The molecule has 0 spiro atoms. The Morgan fingerprint density at radius 2 is 1.77 bits per heavy atom. The first-order valence-corrected chi connectivity index (χ1v) is 12.4. The van der Waals surface area contributed by atoms with Crippen molar-refractivity contribution in [2.24, 2.45) is 5.92 Å². The van der Waals surface area contributed by atoms with E-state index < -0.39 is 11.6 Å². The van der Waals surface area contributed by atoms with Gasteiger partial charge in [0.2, 0.25) is 5.60 Å². The van der Waals surface area contributed by atoms with Crippen molar-refractivity contribution in [2.45, 2.75) is 37.3 Å². The second-order valence-corrected chi connectivity index (χ2v) is 10.5. The van der Waals surface area contributed by atoms with Gasteiger partial charge in [0.25, 0.3) is 0 Å². The molecular weight excluding hydrogens is 422 g/mol. The van der Waals surface area contributed by atoms with Gasteiger partial charge >= 0.3 is 5.97 Å². The Kier molecular flexibility index (Phi) is 5.72. The van der Waals surface area contributed by atoms with Gasteiger partial charge in [-0.05, 0) is 22.9 Å². The van der Waals surface area contributed by atoms with Gasteiger partial charge in [-0.3, -0.25) is 0 Å². The van der Waals surface area contributed by atoms with E-state index in [1.165, 1.54) is 22.7 Å². The normalized spacial score (nSPS) is 29.4. The minimum Gasteiger partial charge on any atom is -0.453 e. The zero-order valence-corrected chi connectivity index (χ0v) is 18.5. The number of carbonyl (C=O) groups is 1. The SMILES string of the molecule is O=C(O[C@H]1C[N+]2(CCC3OCCO3)CCC1CC2)C(O)(c1cccs1)c1cccs1. The summed E-state index contributed by atoms with van der Waals surface area (Å²) in [6.45, 7) is 5.38. The summed E-state index contributed by atoms with van der Waals surface area (Å²) in [7, 11) is 0. The van der Waals surface area contributed by atoms with Crippen LogP contribution in [0.5, 0.6) is 0 Å². The van der Waals surface area contributed by atoms with Gasteiger partial charge in [-0.2, -0.15) is 0 Å². The fourth-order valence-corrected chi connectivity index (χ4v) is 6.85. The van der Waals surface area contributed by atoms with Gasteiger partial charge in [0.05, 0.1) is 42.6 Å². The molecule has 0 saturated carbocycles. The van der Waals surface area contributed by atoms with Crippen LogP contribution in [0.4, 0.5) is 0 Å². The van der Waals surface area contributed by atoms with Crippen molar-refractivity contribution in [1.82, 2.24) is 0 Å². The van der Waals surface area contributed by atoms with Gasteiger partial charge in [0.1, 0.15) is 6.54 Å². The van der Waals surface area contributed by atoms with Gasteiger partial charge < -0.3 is 23.8 Å². The topological polar surface area (TPSA) is 65.0 Å². The monoisotopic (exact) mass is 450 g/mol. The van der Waals surface area contributed by atoms with Crippen molar-refractivity contribution >= 4 is 28.6 Å². The fourth-order valence-electron chi connectivity index (χ4n) is 5.14. The van der Waals surface area contributed by atoms with Crippen molar-refractivity contribution in [2.75, 3.05) is 39.4 Å². The Hall–Kier alpha value is -1.29. The molecule has 4 aliphatic heterocycles. The molecule has 8 heteroatoms. The van der Waals surface area contributed by atoms with E-state index in [9.17, 15) is 9.90 Å². The molecule has 6 rings (SSSR count). The summed E-state index contributed by atoms with van der Waals surface area (Å²) in [6, 6.07) is 7.32. The van der Waals surface area contributed by atoms with Crippen molar-refractivity contribution in [1.29, 1.82) is 0 Å². The number of hydrogen-bond donors (Lipinski definition) is 1. The average Bonchev–Trinajstić information content (AvgIpc) is 3.56. The maximum Gasteiger partial charge on any atom is 0.349 e. The van der Waals surface area contributed by atoms with Crippen LogP contribution in [0.3, 0.4) is 0 Å². The molecular formula is C22H28NO5S2+. The lowest BCUT2D eigenvalue weighted by molar-refractivity contribution is -0.946. The van der Waals surface area contributed by atoms with Gasteiger partial charge in [-0.15, -0.1) is 22.7 Å². The lowest BCUT2D eigenvalue weighted by Crippen LogP contribution is -2.65. The molecule has 0 amide bonds. The predicted octanol–water partition coefficient (Wildman–Crippen LogP) is 2.96. The molecule has 162 valence electrons. The molecule has 1 atom stereocenters. The van der Waals surface area contributed by atoms with E-state index >= 15 is 0 Å². The lowest BCUT2D eigenvalue weighted by Gasteiger charge is -2.52. The second kappa shape index (κ2) is 8.33. The first kappa shape index (κ1) is 20.6. The number of aliphatic hydroxyl groups is 1. The van der Waals surface area contributed by atoms with E-state index in [0.717, 1.165) is 49.9 Å². The lowest BCUT2D eigenvalue weighted by atomic mass is 9.83. The molecule has 4 saturated heterocycles. The van der Waals surface area contributed by atoms with Crippen LogP contribution in [0.15, 0.2) is 35.0 Å². The summed E-state index contributed by atoms with van der Waals surface area (Å²) in [5.41, 5.74) is -1.73. The van der Waals surface area contributed by atoms with Crippen LogP contribution in [0.1, 0.15) is 29.0 Å². The highest BCUT2D eigenvalue weighted by molar-refractivity contribution is 7.12. The van der Waals surface area contributed by atoms with Crippen LogP contribution in [0.25, 0.3) is 0 Å². The van der Waals surface area contributed by atoms with Gasteiger partial charge in [0, 0.05) is 25.2 Å². The summed E-state index contributed by atoms with van der Waals surface area (Å²) < 4.78 is 18.3. The van der Waals surface area contributed by atoms with Crippen LogP contribution in [0, 0.1) is 5.92 Å². The number of thiophene rings is 2. The highest BCUT2D eigenvalue weighted by Gasteiger charge is 2.51. The van der Waals surface area contributed by atoms with Crippen molar-refractivity contribution in [3.05, 3.63) is 44.8 Å². The number of piperidine rings is 3. The zero-order valence-electron chi connectivity index (χ0n) is 16.9. The molecule has 0 aliphatic carbocycles. The minimum atomic E-state index is -1.73. The first-order valence-electron chi connectivity index (χ1n) is 10.7. The fraction of sp³-hybridized carbons (Fsp3) is 0.591. The first-order chi connectivity index (χ1) is 14.6. The highest BCUT2D eigenvalue weighted by atomic mass is 32.1.